The van der Waals surface area contributed by atoms with Gasteiger partial charge in [-0.15, -0.1) is 0 Å². The second kappa shape index (κ2) is 3.20. The third kappa shape index (κ3) is 1.85. The molecular weight excluding hydrogens is 190 g/mol. The molecular formula is C7H15N3O2S. The number of nitrogens with one attached hydrogen (secondary N) is 1. The maximum atomic E-state index is 11.1. The van der Waals surface area contributed by atoms with Gasteiger partial charge in [0, 0.05) is 19.1 Å². The molecule has 0 unspecified atom stereocenters. The van der Waals surface area contributed by atoms with Crippen molar-refractivity contribution in [3.05, 3.63) is 0 Å². The first kappa shape index (κ1) is 9.39. The lowest BCUT2D eigenvalue weighted by Crippen LogP contribution is -2.41. The zero-order chi connectivity index (χ0) is 9.47. The summed E-state index contributed by atoms with van der Waals surface area (Å²) >= 11 is 0. The average Bonchev–Trinajstić information content (AvgIpc) is 2.45. The summed E-state index contributed by atoms with van der Waals surface area (Å²) in [4.78, 5) is 0. The van der Waals surface area contributed by atoms with E-state index < -0.39 is 10.2 Å². The molecule has 0 radical (unpaired) electrons. The summed E-state index contributed by atoms with van der Waals surface area (Å²) in [6, 6.07) is 0.326. The van der Waals surface area contributed by atoms with E-state index in [1.807, 2.05) is 0 Å². The normalized spacial score (nSPS) is 36.1. The molecule has 0 saturated carbocycles. The van der Waals surface area contributed by atoms with E-state index in [0.717, 1.165) is 19.4 Å². The first-order valence-corrected chi connectivity index (χ1v) is 6.09. The third-order valence-corrected chi connectivity index (χ3v) is 3.94. The number of hydrogen-bond acceptors (Lipinski definition) is 3. The average molecular weight is 205 g/mol. The van der Waals surface area contributed by atoms with Gasteiger partial charge >= 0.3 is 0 Å². The Kier molecular flexibility index (Phi) is 2.31. The van der Waals surface area contributed by atoms with Crippen molar-refractivity contribution in [2.75, 3.05) is 19.6 Å². The smallest absolute Gasteiger partial charge is 0.276 e. The van der Waals surface area contributed by atoms with Gasteiger partial charge in [-0.2, -0.15) is 12.7 Å². The number of rotatable bonds is 1. The lowest BCUT2D eigenvalue weighted by Gasteiger charge is -2.24. The van der Waals surface area contributed by atoms with Crippen LogP contribution in [0.3, 0.4) is 0 Å². The van der Waals surface area contributed by atoms with Crippen LogP contribution in [0.1, 0.15) is 12.8 Å². The lowest BCUT2D eigenvalue weighted by molar-refractivity contribution is 0.339. The molecule has 2 saturated heterocycles. The molecule has 2 aliphatic rings. The molecule has 5 nitrogen and oxygen atoms in total. The number of nitrogens with two attached hydrogens (primary N) is 1. The van der Waals surface area contributed by atoms with Crippen LogP contribution in [0, 0.1) is 5.92 Å². The zero-order valence-corrected chi connectivity index (χ0v) is 8.26. The summed E-state index contributed by atoms with van der Waals surface area (Å²) in [5.74, 6) is 0.465. The second-order valence-corrected chi connectivity index (χ2v) is 5.37. The second-order valence-electron chi connectivity index (χ2n) is 3.82. The van der Waals surface area contributed by atoms with Crippen molar-refractivity contribution in [1.82, 2.24) is 9.62 Å². The number of piperidine rings is 1. The molecule has 3 N–H and O–H groups in total. The summed E-state index contributed by atoms with van der Waals surface area (Å²) in [7, 11) is -3.47. The Morgan fingerprint density at radius 1 is 1.38 bits per heavy atom. The summed E-state index contributed by atoms with van der Waals surface area (Å²) in [5, 5.41) is 8.39. The van der Waals surface area contributed by atoms with Gasteiger partial charge in [-0.1, -0.05) is 0 Å². The van der Waals surface area contributed by atoms with Gasteiger partial charge in [0.25, 0.3) is 10.2 Å². The zero-order valence-electron chi connectivity index (χ0n) is 7.44. The predicted molar refractivity (Wildman–Crippen MR) is 49.2 cm³/mol. The first-order chi connectivity index (χ1) is 6.07. The van der Waals surface area contributed by atoms with Crippen LogP contribution < -0.4 is 10.5 Å². The fraction of sp³-hybridized carbons (Fsp3) is 1.00. The van der Waals surface area contributed by atoms with E-state index in [-0.39, 0.29) is 0 Å². The molecule has 0 aromatic rings. The molecule has 2 rings (SSSR count). The fourth-order valence-electron chi connectivity index (χ4n) is 2.21. The van der Waals surface area contributed by atoms with Crippen molar-refractivity contribution in [1.29, 1.82) is 0 Å². The van der Waals surface area contributed by atoms with E-state index in [0.29, 0.717) is 25.0 Å². The Hall–Kier alpha value is -0.170. The van der Waals surface area contributed by atoms with Gasteiger partial charge in [0.15, 0.2) is 0 Å². The molecule has 2 aliphatic heterocycles. The van der Waals surface area contributed by atoms with Crippen LogP contribution in [0.5, 0.6) is 0 Å². The van der Waals surface area contributed by atoms with Crippen molar-refractivity contribution < 1.29 is 8.42 Å². The van der Waals surface area contributed by atoms with Crippen molar-refractivity contribution in [2.24, 2.45) is 11.1 Å². The SMILES string of the molecule is NS(=O)(=O)N1C[C@@H]2CCCN[C@@H]2C1. The van der Waals surface area contributed by atoms with E-state index >= 15 is 0 Å². The molecule has 76 valence electrons. The van der Waals surface area contributed by atoms with Crippen LogP contribution in [-0.4, -0.2) is 38.4 Å². The van der Waals surface area contributed by atoms with Crippen molar-refractivity contribution in [2.45, 2.75) is 18.9 Å². The van der Waals surface area contributed by atoms with Gasteiger partial charge in [-0.25, -0.2) is 5.14 Å². The van der Waals surface area contributed by atoms with E-state index in [2.05, 4.69) is 5.32 Å². The molecule has 0 spiro atoms. The Morgan fingerprint density at radius 2 is 2.15 bits per heavy atom. The lowest BCUT2D eigenvalue weighted by atomic mass is 9.94. The minimum Gasteiger partial charge on any atom is -0.312 e. The summed E-state index contributed by atoms with van der Waals surface area (Å²) < 4.78 is 23.5. The molecule has 0 amide bonds. The van der Waals surface area contributed by atoms with E-state index in [4.69, 9.17) is 5.14 Å². The molecule has 0 aromatic carbocycles. The highest BCUT2D eigenvalue weighted by Crippen LogP contribution is 2.25. The molecule has 6 heteroatoms. The summed E-state index contributed by atoms with van der Waals surface area (Å²) in [6.45, 7) is 2.14. The van der Waals surface area contributed by atoms with Crippen LogP contribution in [0.2, 0.25) is 0 Å². The Bertz CT molecular complexity index is 276. The van der Waals surface area contributed by atoms with Crippen LogP contribution in [0.15, 0.2) is 0 Å². The summed E-state index contributed by atoms with van der Waals surface area (Å²) in [5.41, 5.74) is 0. The quantitative estimate of drug-likeness (QED) is 0.569. The molecule has 2 atom stereocenters. The van der Waals surface area contributed by atoms with E-state index in [1.54, 1.807) is 0 Å². The molecule has 0 bridgehead atoms. The molecule has 2 fully saturated rings. The predicted octanol–water partition coefficient (Wildman–Crippen LogP) is -1.13. The Balaban J connectivity index is 2.07. The topological polar surface area (TPSA) is 75.4 Å². The van der Waals surface area contributed by atoms with Gasteiger partial charge in [-0.3, -0.25) is 0 Å². The highest BCUT2D eigenvalue weighted by molar-refractivity contribution is 7.86. The van der Waals surface area contributed by atoms with Gasteiger partial charge in [0.2, 0.25) is 0 Å². The maximum Gasteiger partial charge on any atom is 0.276 e. The van der Waals surface area contributed by atoms with Crippen LogP contribution in [0.25, 0.3) is 0 Å². The van der Waals surface area contributed by atoms with Crippen molar-refractivity contribution in [3.8, 4) is 0 Å². The highest BCUT2D eigenvalue weighted by atomic mass is 32.2. The van der Waals surface area contributed by atoms with Gasteiger partial charge in [0.05, 0.1) is 0 Å². The Morgan fingerprint density at radius 3 is 2.77 bits per heavy atom. The number of hydrogen-bond donors (Lipinski definition) is 2. The largest absolute Gasteiger partial charge is 0.312 e. The van der Waals surface area contributed by atoms with Gasteiger partial charge in [-0.05, 0) is 25.3 Å². The van der Waals surface area contributed by atoms with Crippen LogP contribution in [0.4, 0.5) is 0 Å². The molecule has 0 aliphatic carbocycles. The monoisotopic (exact) mass is 205 g/mol. The summed E-state index contributed by atoms with van der Waals surface area (Å²) in [6.07, 6.45) is 2.25. The third-order valence-electron chi connectivity index (χ3n) is 2.93. The van der Waals surface area contributed by atoms with Gasteiger partial charge < -0.3 is 5.32 Å². The molecule has 2 heterocycles. The molecule has 13 heavy (non-hydrogen) atoms. The minimum atomic E-state index is -3.47. The van der Waals surface area contributed by atoms with Crippen molar-refractivity contribution in [3.63, 3.8) is 0 Å². The first-order valence-electron chi connectivity index (χ1n) is 4.58. The minimum absolute atomic E-state index is 0.326. The van der Waals surface area contributed by atoms with Crippen LogP contribution in [-0.2, 0) is 10.2 Å². The standard InChI is InChI=1S/C7H15N3O2S/c8-13(11,12)10-4-6-2-1-3-9-7(6)5-10/h6-7,9H,1-5H2,(H2,8,11,12)/t6-,7+/m0/s1. The maximum absolute atomic E-state index is 11.1. The van der Waals surface area contributed by atoms with E-state index in [1.165, 1.54) is 4.31 Å². The van der Waals surface area contributed by atoms with E-state index in [9.17, 15) is 8.42 Å². The number of fused-ring (bicyclic) bond motifs is 1. The molecule has 0 aromatic heterocycles. The highest BCUT2D eigenvalue weighted by Gasteiger charge is 2.38. The van der Waals surface area contributed by atoms with Gasteiger partial charge in [0.1, 0.15) is 0 Å². The van der Waals surface area contributed by atoms with Crippen molar-refractivity contribution >= 4 is 10.2 Å². The Labute approximate surface area is 78.5 Å². The number of nitrogens with zero attached hydrogens (tertiary/aromatic N) is 1. The fourth-order valence-corrected chi connectivity index (χ4v) is 2.98. The van der Waals surface area contributed by atoms with Crippen LogP contribution >= 0.6 is 0 Å².